The summed E-state index contributed by atoms with van der Waals surface area (Å²) in [5.74, 6) is 0.0473. The topological polar surface area (TPSA) is 76.1 Å². The van der Waals surface area contributed by atoms with Crippen LogP contribution in [0.25, 0.3) is 5.76 Å². The second-order valence-electron chi connectivity index (χ2n) is 12.7. The molecule has 0 aromatic heterocycles. The zero-order chi connectivity index (χ0) is 35.3. The first-order valence-electron chi connectivity index (χ1n) is 17.4. The van der Waals surface area contributed by atoms with Gasteiger partial charge in [0.15, 0.2) is 0 Å². The molecule has 3 heterocycles. The molecule has 9 nitrogen and oxygen atoms in total. The third-order valence-corrected chi connectivity index (χ3v) is 13.6. The van der Waals surface area contributed by atoms with Crippen molar-refractivity contribution in [3.05, 3.63) is 118 Å². The van der Waals surface area contributed by atoms with Gasteiger partial charge in [0.25, 0.3) is 0 Å². The summed E-state index contributed by atoms with van der Waals surface area (Å²) in [6.45, 7) is 6.84. The molecule has 3 saturated heterocycles. The molecule has 0 bridgehead atoms. The lowest BCUT2D eigenvalue weighted by atomic mass is 10.0. The number of ether oxygens (including phenoxy) is 4. The molecule has 3 aromatic rings. The monoisotopic (exact) mass is 758 g/mol. The van der Waals surface area contributed by atoms with Gasteiger partial charge in [-0.25, -0.2) is 18.9 Å². The van der Waals surface area contributed by atoms with Gasteiger partial charge in [0.2, 0.25) is 0 Å². The number of hydrogen-bond acceptors (Lipinski definition) is 7. The number of rotatable bonds is 8. The van der Waals surface area contributed by atoms with Gasteiger partial charge < -0.3 is 23.8 Å². The standard InChI is InChI=1S/C38H42F3N4O5P.ClH/c39-38(40,41)31-11-13-32(14-12-31)42-51(44-19-25-48-26-20-44,45-21-27-49-28-22-45)34-16-15-33(35(34)43-17-23-47-24-18-43)36(29-7-3-1-4-8-29)50-37(46)30-9-5-2-6-10-30;/h1-14H,15-28H2;1H/b36-33-;. The molecule has 0 unspecified atom stereocenters. The molecule has 1 aliphatic carbocycles. The number of carbonyl (C=O) groups excluding carboxylic acids is 1. The first-order chi connectivity index (χ1) is 24.8. The summed E-state index contributed by atoms with van der Waals surface area (Å²) in [6.07, 6.45) is -3.23. The first kappa shape index (κ1) is 38.3. The lowest BCUT2D eigenvalue weighted by Gasteiger charge is -2.48. The largest absolute Gasteiger partial charge is 0.422 e. The number of hydrogen-bond donors (Lipinski definition) is 0. The molecule has 52 heavy (non-hydrogen) atoms. The third-order valence-electron chi connectivity index (χ3n) is 9.59. The van der Waals surface area contributed by atoms with E-state index in [4.69, 9.17) is 23.7 Å². The van der Waals surface area contributed by atoms with Crippen LogP contribution in [0, 0.1) is 0 Å². The summed E-state index contributed by atoms with van der Waals surface area (Å²) in [4.78, 5) is 16.1. The molecule has 0 radical (unpaired) electrons. The summed E-state index contributed by atoms with van der Waals surface area (Å²) in [6, 6.07) is 23.8. The molecule has 3 aromatic carbocycles. The highest BCUT2D eigenvalue weighted by atomic mass is 35.5. The molecule has 0 N–H and O–H groups in total. The molecule has 3 aliphatic heterocycles. The van der Waals surface area contributed by atoms with Gasteiger partial charge in [-0.1, -0.05) is 48.5 Å². The van der Waals surface area contributed by atoms with Crippen molar-refractivity contribution in [3.8, 4) is 0 Å². The zero-order valence-electron chi connectivity index (χ0n) is 28.8. The van der Waals surface area contributed by atoms with Crippen molar-refractivity contribution in [2.75, 3.05) is 78.9 Å². The predicted molar refractivity (Wildman–Crippen MR) is 196 cm³/mol. The Morgan fingerprint density at radius 2 is 1.17 bits per heavy atom. The quantitative estimate of drug-likeness (QED) is 0.130. The molecule has 4 aliphatic rings. The Labute approximate surface area is 308 Å². The van der Waals surface area contributed by atoms with E-state index in [-0.39, 0.29) is 12.4 Å². The van der Waals surface area contributed by atoms with Gasteiger partial charge in [0.1, 0.15) is 13.1 Å². The maximum atomic E-state index is 13.7. The van der Waals surface area contributed by atoms with Gasteiger partial charge in [-0.15, -0.1) is 12.4 Å². The fourth-order valence-corrected chi connectivity index (χ4v) is 11.5. The molecule has 278 valence electrons. The fraction of sp³-hybridized carbons (Fsp3) is 0.395. The second-order valence-corrected chi connectivity index (χ2v) is 15.7. The van der Waals surface area contributed by atoms with Crippen LogP contribution in [-0.2, 0) is 25.1 Å². The van der Waals surface area contributed by atoms with Crippen LogP contribution in [0.15, 0.2) is 106 Å². The number of benzene rings is 3. The van der Waals surface area contributed by atoms with Crippen LogP contribution in [0.1, 0.15) is 34.3 Å². The number of esters is 1. The number of allylic oxidation sites excluding steroid dienone is 2. The van der Waals surface area contributed by atoms with Crippen LogP contribution in [-0.4, -0.2) is 99.1 Å². The van der Waals surface area contributed by atoms with E-state index in [0.29, 0.717) is 109 Å². The van der Waals surface area contributed by atoms with Crippen molar-refractivity contribution >= 4 is 37.2 Å². The average Bonchev–Trinajstić information content (AvgIpc) is 3.63. The molecule has 7 rings (SSSR count). The van der Waals surface area contributed by atoms with E-state index in [1.54, 1.807) is 12.1 Å². The molecule has 0 amide bonds. The Balaban J connectivity index is 0.00000464. The lowest BCUT2D eigenvalue weighted by Crippen LogP contribution is -2.44. The van der Waals surface area contributed by atoms with Gasteiger partial charge in [-0.05, 0) is 49.2 Å². The molecule has 3 fully saturated rings. The molecule has 0 saturated carbocycles. The maximum Gasteiger partial charge on any atom is 0.416 e. The van der Waals surface area contributed by atoms with Crippen LogP contribution < -0.4 is 0 Å². The van der Waals surface area contributed by atoms with Crippen molar-refractivity contribution < 1.29 is 36.9 Å². The van der Waals surface area contributed by atoms with Gasteiger partial charge >= 0.3 is 12.1 Å². The van der Waals surface area contributed by atoms with E-state index in [0.717, 1.165) is 34.3 Å². The van der Waals surface area contributed by atoms with Gasteiger partial charge in [0, 0.05) is 55.7 Å². The summed E-state index contributed by atoms with van der Waals surface area (Å²) in [7, 11) is -2.88. The highest BCUT2D eigenvalue weighted by Gasteiger charge is 2.45. The van der Waals surface area contributed by atoms with E-state index in [2.05, 4.69) is 14.2 Å². The highest BCUT2D eigenvalue weighted by molar-refractivity contribution is 7.66. The van der Waals surface area contributed by atoms with Crippen molar-refractivity contribution in [2.24, 2.45) is 4.74 Å². The normalized spacial score (nSPS) is 20.3. The predicted octanol–water partition coefficient (Wildman–Crippen LogP) is 8.06. The number of morpholine rings is 3. The van der Waals surface area contributed by atoms with E-state index >= 15 is 0 Å². The van der Waals surface area contributed by atoms with E-state index < -0.39 is 25.1 Å². The average molecular weight is 759 g/mol. The Bertz CT molecular complexity index is 1770. The van der Waals surface area contributed by atoms with E-state index in [9.17, 15) is 18.0 Å². The van der Waals surface area contributed by atoms with Crippen LogP contribution in [0.4, 0.5) is 18.9 Å². The van der Waals surface area contributed by atoms with E-state index in [1.165, 1.54) is 12.1 Å². The summed E-state index contributed by atoms with van der Waals surface area (Å²) < 4.78 is 75.4. The van der Waals surface area contributed by atoms with E-state index in [1.807, 2.05) is 48.5 Å². The van der Waals surface area contributed by atoms with Crippen molar-refractivity contribution in [1.29, 1.82) is 0 Å². The Morgan fingerprint density at radius 3 is 1.69 bits per heavy atom. The van der Waals surface area contributed by atoms with Crippen LogP contribution in [0.2, 0.25) is 0 Å². The van der Waals surface area contributed by atoms with Crippen molar-refractivity contribution in [1.82, 2.24) is 14.2 Å². The minimum absolute atomic E-state index is 0. The van der Waals surface area contributed by atoms with Crippen LogP contribution in [0.3, 0.4) is 0 Å². The second kappa shape index (κ2) is 17.1. The SMILES string of the molecule is Cl.O=C(O/C(=C1/CCC(P(=Nc2ccc(C(F)(F)F)cc2)(N2CCOCC2)N2CCOCC2)=C1N1CCOCC1)c1ccccc1)c1ccccc1. The minimum atomic E-state index is -4.46. The Hall–Kier alpha value is -3.48. The summed E-state index contributed by atoms with van der Waals surface area (Å²) in [5.41, 5.74) is 2.90. The van der Waals surface area contributed by atoms with Gasteiger partial charge in [0.05, 0.1) is 62.2 Å². The fourth-order valence-electron chi connectivity index (χ4n) is 7.19. The Kier molecular flexibility index (Phi) is 12.6. The summed E-state index contributed by atoms with van der Waals surface area (Å²) in [5, 5.41) is 1.12. The Morgan fingerprint density at radius 1 is 0.673 bits per heavy atom. The smallest absolute Gasteiger partial charge is 0.416 e. The molecule has 0 spiro atoms. The van der Waals surface area contributed by atoms with Crippen molar-refractivity contribution in [2.45, 2.75) is 19.0 Å². The molecular weight excluding hydrogens is 716 g/mol. The number of nitrogens with zero attached hydrogens (tertiary/aromatic N) is 4. The molecular formula is C38H43ClF3N4O5P. The number of alkyl halides is 3. The molecule has 0 atom stereocenters. The zero-order valence-corrected chi connectivity index (χ0v) is 30.5. The number of halogens is 4. The highest BCUT2D eigenvalue weighted by Crippen LogP contribution is 2.69. The minimum Gasteiger partial charge on any atom is -0.422 e. The summed E-state index contributed by atoms with van der Waals surface area (Å²) >= 11 is 0. The number of carbonyl (C=O) groups is 1. The first-order valence-corrected chi connectivity index (χ1v) is 19.1. The van der Waals surface area contributed by atoms with Crippen LogP contribution in [0.5, 0.6) is 0 Å². The van der Waals surface area contributed by atoms with Gasteiger partial charge in [-0.3, -0.25) is 0 Å². The lowest BCUT2D eigenvalue weighted by molar-refractivity contribution is -0.137. The van der Waals surface area contributed by atoms with Crippen molar-refractivity contribution in [3.63, 3.8) is 0 Å². The van der Waals surface area contributed by atoms with Gasteiger partial charge in [-0.2, -0.15) is 13.2 Å². The van der Waals surface area contributed by atoms with Crippen LogP contribution >= 0.6 is 19.8 Å². The maximum absolute atomic E-state index is 13.7. The third kappa shape index (κ3) is 8.19. The molecule has 14 heteroatoms.